The molecule has 0 aliphatic carbocycles. The number of nitrogens with one attached hydrogen (secondary N) is 1. The van der Waals surface area contributed by atoms with E-state index in [0.717, 1.165) is 23.9 Å². The minimum atomic E-state index is -3.71. The Morgan fingerprint density at radius 2 is 1.72 bits per heavy atom. The van der Waals surface area contributed by atoms with Crippen LogP contribution in [0.3, 0.4) is 0 Å². The number of rotatable bonds is 4. The molecule has 0 atom stereocenters. The molecule has 8 heteroatoms. The van der Waals surface area contributed by atoms with Crippen molar-refractivity contribution in [3.63, 3.8) is 0 Å². The molecule has 1 N–H and O–H groups in total. The predicted molar refractivity (Wildman–Crippen MR) is 106 cm³/mol. The zero-order chi connectivity index (χ0) is 20.4. The van der Waals surface area contributed by atoms with Crippen LogP contribution in [0.5, 0.6) is 0 Å². The normalized spacial score (nSPS) is 18.4. The molecule has 2 aliphatic rings. The maximum absolute atomic E-state index is 13.4. The van der Waals surface area contributed by atoms with Gasteiger partial charge in [-0.3, -0.25) is 4.79 Å². The van der Waals surface area contributed by atoms with E-state index in [1.54, 1.807) is 0 Å². The van der Waals surface area contributed by atoms with Crippen LogP contribution in [-0.4, -0.2) is 62.8 Å². The van der Waals surface area contributed by atoms with E-state index in [2.05, 4.69) is 12.1 Å². The Morgan fingerprint density at radius 1 is 1.00 bits per heavy atom. The van der Waals surface area contributed by atoms with E-state index in [9.17, 15) is 17.6 Å². The van der Waals surface area contributed by atoms with E-state index in [-0.39, 0.29) is 10.8 Å². The molecule has 4 rings (SSSR count). The molecule has 0 spiro atoms. The standard InChI is InChI=1S/C21H24FN3O3S/c22-19-6-3-7-20(14-19)29(27,28)25-12-10-23(11-13-25)16-21(26)24-9-8-17-4-1-2-5-18(17)15-24/h1-7,14H,8-13,15-16H2/p+1. The van der Waals surface area contributed by atoms with Gasteiger partial charge in [-0.2, -0.15) is 4.31 Å². The summed E-state index contributed by atoms with van der Waals surface area (Å²) in [6.07, 6.45) is 0.872. The molecule has 2 heterocycles. The van der Waals surface area contributed by atoms with Crippen molar-refractivity contribution in [1.29, 1.82) is 0 Å². The highest BCUT2D eigenvalue weighted by Crippen LogP contribution is 2.18. The Morgan fingerprint density at radius 3 is 2.45 bits per heavy atom. The third-order valence-electron chi connectivity index (χ3n) is 5.75. The van der Waals surface area contributed by atoms with E-state index < -0.39 is 15.8 Å². The molecule has 1 fully saturated rings. The van der Waals surface area contributed by atoms with Crippen molar-refractivity contribution in [2.45, 2.75) is 17.9 Å². The van der Waals surface area contributed by atoms with Gasteiger partial charge in [-0.25, -0.2) is 12.8 Å². The van der Waals surface area contributed by atoms with E-state index in [4.69, 9.17) is 0 Å². The first-order valence-corrected chi connectivity index (χ1v) is 11.3. The van der Waals surface area contributed by atoms with Gasteiger partial charge in [-0.05, 0) is 35.7 Å². The van der Waals surface area contributed by atoms with Gasteiger partial charge >= 0.3 is 0 Å². The molecule has 1 amide bonds. The number of fused-ring (bicyclic) bond motifs is 1. The molecule has 6 nitrogen and oxygen atoms in total. The highest BCUT2D eigenvalue weighted by molar-refractivity contribution is 7.89. The highest BCUT2D eigenvalue weighted by Gasteiger charge is 2.32. The number of halogens is 1. The lowest BCUT2D eigenvalue weighted by atomic mass is 10.00. The summed E-state index contributed by atoms with van der Waals surface area (Å²) < 4.78 is 40.2. The summed E-state index contributed by atoms with van der Waals surface area (Å²) in [6.45, 7) is 3.51. The number of benzene rings is 2. The minimum Gasteiger partial charge on any atom is -0.333 e. The lowest BCUT2D eigenvalue weighted by Crippen LogP contribution is -3.15. The van der Waals surface area contributed by atoms with E-state index in [0.29, 0.717) is 39.3 Å². The lowest BCUT2D eigenvalue weighted by Gasteiger charge is -2.33. The summed E-state index contributed by atoms with van der Waals surface area (Å²) in [6, 6.07) is 13.3. The number of amides is 1. The molecule has 0 aromatic heterocycles. The van der Waals surface area contributed by atoms with Gasteiger partial charge in [0.25, 0.3) is 5.91 Å². The number of sulfonamides is 1. The van der Waals surface area contributed by atoms with Gasteiger partial charge in [-0.1, -0.05) is 30.3 Å². The molecule has 0 bridgehead atoms. The quantitative estimate of drug-likeness (QED) is 0.777. The van der Waals surface area contributed by atoms with Crippen LogP contribution in [0.4, 0.5) is 4.39 Å². The van der Waals surface area contributed by atoms with Crippen molar-refractivity contribution in [2.24, 2.45) is 0 Å². The van der Waals surface area contributed by atoms with Crippen molar-refractivity contribution in [1.82, 2.24) is 9.21 Å². The summed E-state index contributed by atoms with van der Waals surface area (Å²) in [4.78, 5) is 15.7. The monoisotopic (exact) mass is 418 g/mol. The van der Waals surface area contributed by atoms with Crippen LogP contribution in [0.15, 0.2) is 53.4 Å². The second-order valence-corrected chi connectivity index (χ2v) is 9.56. The Kier molecular flexibility index (Phi) is 5.67. The number of hydrogen-bond acceptors (Lipinski definition) is 3. The second kappa shape index (κ2) is 8.22. The van der Waals surface area contributed by atoms with Gasteiger partial charge in [0.05, 0.1) is 31.1 Å². The first kappa shape index (κ1) is 20.0. The molecule has 2 aromatic carbocycles. The van der Waals surface area contributed by atoms with Crippen LogP contribution in [0.25, 0.3) is 0 Å². The van der Waals surface area contributed by atoms with Crippen LogP contribution >= 0.6 is 0 Å². The van der Waals surface area contributed by atoms with E-state index in [1.807, 2.05) is 17.0 Å². The average molecular weight is 419 g/mol. The number of hydrogen-bond donors (Lipinski definition) is 1. The number of carbonyl (C=O) groups is 1. The summed E-state index contributed by atoms with van der Waals surface area (Å²) in [5, 5.41) is 0. The molecule has 0 radical (unpaired) electrons. The molecular formula is C21H25FN3O3S+. The Hall–Kier alpha value is -2.29. The molecule has 154 valence electrons. The van der Waals surface area contributed by atoms with E-state index >= 15 is 0 Å². The molecule has 1 saturated heterocycles. The van der Waals surface area contributed by atoms with Gasteiger partial charge in [0, 0.05) is 13.1 Å². The average Bonchev–Trinajstić information content (AvgIpc) is 2.74. The van der Waals surface area contributed by atoms with Gasteiger partial charge in [0.2, 0.25) is 10.0 Å². The van der Waals surface area contributed by atoms with Crippen molar-refractivity contribution in [3.8, 4) is 0 Å². The molecular weight excluding hydrogens is 393 g/mol. The van der Waals surface area contributed by atoms with Gasteiger partial charge < -0.3 is 9.80 Å². The fraction of sp³-hybridized carbons (Fsp3) is 0.381. The molecule has 2 aliphatic heterocycles. The van der Waals surface area contributed by atoms with Crippen LogP contribution < -0.4 is 4.90 Å². The molecule has 0 saturated carbocycles. The smallest absolute Gasteiger partial charge is 0.278 e. The zero-order valence-electron chi connectivity index (χ0n) is 16.2. The topological polar surface area (TPSA) is 62.1 Å². The molecule has 29 heavy (non-hydrogen) atoms. The maximum Gasteiger partial charge on any atom is 0.278 e. The summed E-state index contributed by atoms with van der Waals surface area (Å²) in [5.41, 5.74) is 2.51. The SMILES string of the molecule is O=C(C[NH+]1CCN(S(=O)(=O)c2cccc(F)c2)CC1)N1CCc2ccccc2C1. The van der Waals surface area contributed by atoms with Crippen LogP contribution in [0.2, 0.25) is 0 Å². The number of quaternary nitrogens is 1. The van der Waals surface area contributed by atoms with Gasteiger partial charge in [0.1, 0.15) is 5.82 Å². The van der Waals surface area contributed by atoms with Crippen LogP contribution in [0, 0.1) is 5.82 Å². The largest absolute Gasteiger partial charge is 0.333 e. The Labute approximate surface area is 170 Å². The third-order valence-corrected chi connectivity index (χ3v) is 7.64. The number of nitrogens with zero attached hydrogens (tertiary/aromatic N) is 2. The highest BCUT2D eigenvalue weighted by atomic mass is 32.2. The van der Waals surface area contributed by atoms with Crippen LogP contribution in [-0.2, 0) is 27.8 Å². The number of piperazine rings is 1. The van der Waals surface area contributed by atoms with Crippen molar-refractivity contribution >= 4 is 15.9 Å². The maximum atomic E-state index is 13.4. The summed E-state index contributed by atoms with van der Waals surface area (Å²) in [7, 11) is -3.71. The van der Waals surface area contributed by atoms with Gasteiger partial charge in [-0.15, -0.1) is 0 Å². The lowest BCUT2D eigenvalue weighted by molar-refractivity contribution is -0.896. The fourth-order valence-corrected chi connectivity index (χ4v) is 5.50. The van der Waals surface area contributed by atoms with Crippen molar-refractivity contribution < 1.29 is 22.5 Å². The first-order chi connectivity index (χ1) is 13.9. The fourth-order valence-electron chi connectivity index (χ4n) is 4.03. The summed E-state index contributed by atoms with van der Waals surface area (Å²) in [5.74, 6) is -0.458. The van der Waals surface area contributed by atoms with Crippen molar-refractivity contribution in [2.75, 3.05) is 39.3 Å². The Bertz CT molecular complexity index is 1000. The third kappa shape index (κ3) is 4.34. The predicted octanol–water partition coefficient (Wildman–Crippen LogP) is 0.300. The molecule has 2 aromatic rings. The van der Waals surface area contributed by atoms with Gasteiger partial charge in [0.15, 0.2) is 6.54 Å². The second-order valence-electron chi connectivity index (χ2n) is 7.62. The zero-order valence-corrected chi connectivity index (χ0v) is 17.0. The van der Waals surface area contributed by atoms with E-state index in [1.165, 1.54) is 33.6 Å². The van der Waals surface area contributed by atoms with Crippen molar-refractivity contribution in [3.05, 3.63) is 65.5 Å². The van der Waals surface area contributed by atoms with Crippen LogP contribution in [0.1, 0.15) is 11.1 Å². The summed E-state index contributed by atoms with van der Waals surface area (Å²) >= 11 is 0. The minimum absolute atomic E-state index is 0.0241. The Balaban J connectivity index is 1.33. The first-order valence-electron chi connectivity index (χ1n) is 9.87. The molecule has 0 unspecified atom stereocenters. The number of carbonyl (C=O) groups excluding carboxylic acids is 1.